The molecule has 0 saturated carbocycles. The first-order valence-corrected chi connectivity index (χ1v) is 5.38. The van der Waals surface area contributed by atoms with Gasteiger partial charge in [0, 0.05) is 22.3 Å². The minimum atomic E-state index is -0.121. The van der Waals surface area contributed by atoms with E-state index in [1.165, 1.54) is 0 Å². The number of hydrogen-bond donors (Lipinski definition) is 2. The molecule has 3 nitrogen and oxygen atoms in total. The summed E-state index contributed by atoms with van der Waals surface area (Å²) in [5.74, 6) is -0.121. The van der Waals surface area contributed by atoms with E-state index in [1.807, 2.05) is 0 Å². The highest BCUT2D eigenvalue weighted by molar-refractivity contribution is 9.10. The lowest BCUT2D eigenvalue weighted by Gasteiger charge is -2.05. The number of carbonyl (C=O) groups excluding carboxylic acids is 1. The Morgan fingerprint density at radius 3 is 2.87 bits per heavy atom. The third-order valence-corrected chi connectivity index (χ3v) is 2.27. The summed E-state index contributed by atoms with van der Waals surface area (Å²) in [6, 6.07) is 5.13. The molecule has 0 aromatic heterocycles. The molecule has 1 amide bonds. The van der Waals surface area contributed by atoms with Gasteiger partial charge in [0.1, 0.15) is 0 Å². The second kappa shape index (κ2) is 5.56. The standard InChI is InChI=1S/C11H13BrN2O/c1-2-3-4-14-11(15)8-5-9(12)7-10(13)6-8/h2,5-7H,1,3-4,13H2,(H,14,15). The summed E-state index contributed by atoms with van der Waals surface area (Å²) in [6.45, 7) is 4.17. The molecule has 15 heavy (non-hydrogen) atoms. The summed E-state index contributed by atoms with van der Waals surface area (Å²) >= 11 is 3.29. The largest absolute Gasteiger partial charge is 0.399 e. The number of carbonyl (C=O) groups is 1. The highest BCUT2D eigenvalue weighted by Gasteiger charge is 2.05. The molecule has 1 aromatic carbocycles. The third-order valence-electron chi connectivity index (χ3n) is 1.82. The molecule has 0 bridgehead atoms. The molecule has 0 aliphatic carbocycles. The van der Waals surface area contributed by atoms with Crippen LogP contribution in [0, 0.1) is 0 Å². The van der Waals surface area contributed by atoms with E-state index >= 15 is 0 Å². The predicted molar refractivity (Wildman–Crippen MR) is 65.7 cm³/mol. The summed E-state index contributed by atoms with van der Waals surface area (Å²) in [6.07, 6.45) is 2.52. The lowest BCUT2D eigenvalue weighted by atomic mass is 10.2. The van der Waals surface area contributed by atoms with E-state index in [9.17, 15) is 4.79 Å². The SMILES string of the molecule is C=CCCNC(=O)c1cc(N)cc(Br)c1. The first-order valence-electron chi connectivity index (χ1n) is 4.58. The van der Waals surface area contributed by atoms with Gasteiger partial charge in [-0.05, 0) is 24.6 Å². The first-order chi connectivity index (χ1) is 7.13. The Balaban J connectivity index is 2.69. The van der Waals surface area contributed by atoms with Crippen molar-refractivity contribution in [3.63, 3.8) is 0 Å². The fourth-order valence-corrected chi connectivity index (χ4v) is 1.64. The number of benzene rings is 1. The maximum Gasteiger partial charge on any atom is 0.251 e. The van der Waals surface area contributed by atoms with Gasteiger partial charge in [-0.3, -0.25) is 4.79 Å². The molecule has 0 saturated heterocycles. The molecule has 0 fully saturated rings. The maximum atomic E-state index is 11.6. The van der Waals surface area contributed by atoms with Crippen LogP contribution in [0.3, 0.4) is 0 Å². The molecule has 1 aromatic rings. The Bertz CT molecular complexity index is 357. The second-order valence-electron chi connectivity index (χ2n) is 3.11. The Morgan fingerprint density at radius 2 is 2.27 bits per heavy atom. The van der Waals surface area contributed by atoms with Gasteiger partial charge in [-0.1, -0.05) is 22.0 Å². The minimum absolute atomic E-state index is 0.121. The van der Waals surface area contributed by atoms with Crippen LogP contribution in [0.1, 0.15) is 16.8 Å². The van der Waals surface area contributed by atoms with Gasteiger partial charge in [0.25, 0.3) is 5.91 Å². The third kappa shape index (κ3) is 3.75. The summed E-state index contributed by atoms with van der Waals surface area (Å²) in [4.78, 5) is 11.6. The van der Waals surface area contributed by atoms with Crippen LogP contribution in [0.15, 0.2) is 35.3 Å². The number of amides is 1. The van der Waals surface area contributed by atoms with Crippen molar-refractivity contribution in [1.29, 1.82) is 0 Å². The van der Waals surface area contributed by atoms with E-state index in [0.29, 0.717) is 17.8 Å². The molecular formula is C11H13BrN2O. The monoisotopic (exact) mass is 268 g/mol. The van der Waals surface area contributed by atoms with Crippen molar-refractivity contribution < 1.29 is 4.79 Å². The highest BCUT2D eigenvalue weighted by atomic mass is 79.9. The lowest BCUT2D eigenvalue weighted by molar-refractivity contribution is 0.0954. The average Bonchev–Trinajstić information content (AvgIpc) is 2.16. The van der Waals surface area contributed by atoms with Crippen LogP contribution in [0.4, 0.5) is 5.69 Å². The van der Waals surface area contributed by atoms with Gasteiger partial charge in [-0.25, -0.2) is 0 Å². The number of nitrogen functional groups attached to an aromatic ring is 1. The van der Waals surface area contributed by atoms with Gasteiger partial charge < -0.3 is 11.1 Å². The van der Waals surface area contributed by atoms with E-state index in [0.717, 1.165) is 10.9 Å². The zero-order valence-corrected chi connectivity index (χ0v) is 9.88. The predicted octanol–water partition coefficient (Wildman–Crippen LogP) is 2.34. The fraction of sp³-hybridized carbons (Fsp3) is 0.182. The van der Waals surface area contributed by atoms with Gasteiger partial charge >= 0.3 is 0 Å². The van der Waals surface area contributed by atoms with Gasteiger partial charge in [0.15, 0.2) is 0 Å². The minimum Gasteiger partial charge on any atom is -0.399 e. The first kappa shape index (κ1) is 11.8. The Hall–Kier alpha value is -1.29. The number of hydrogen-bond acceptors (Lipinski definition) is 2. The molecule has 0 radical (unpaired) electrons. The zero-order chi connectivity index (χ0) is 11.3. The summed E-state index contributed by atoms with van der Waals surface area (Å²) < 4.78 is 0.802. The quantitative estimate of drug-likeness (QED) is 0.500. The number of nitrogens with two attached hydrogens (primary N) is 1. The second-order valence-corrected chi connectivity index (χ2v) is 4.02. The normalized spacial score (nSPS) is 9.67. The number of rotatable bonds is 4. The number of nitrogens with one attached hydrogen (secondary N) is 1. The van der Waals surface area contributed by atoms with Crippen LogP contribution < -0.4 is 11.1 Å². The average molecular weight is 269 g/mol. The molecule has 0 aliphatic heterocycles. The van der Waals surface area contributed by atoms with Crippen LogP contribution in [0.5, 0.6) is 0 Å². The molecular weight excluding hydrogens is 256 g/mol. The maximum absolute atomic E-state index is 11.6. The van der Waals surface area contributed by atoms with E-state index in [4.69, 9.17) is 5.73 Å². The van der Waals surface area contributed by atoms with Crippen molar-refractivity contribution in [2.75, 3.05) is 12.3 Å². The zero-order valence-electron chi connectivity index (χ0n) is 8.29. The smallest absolute Gasteiger partial charge is 0.251 e. The molecule has 0 spiro atoms. The van der Waals surface area contributed by atoms with Crippen LogP contribution in [-0.2, 0) is 0 Å². The van der Waals surface area contributed by atoms with Gasteiger partial charge in [-0.15, -0.1) is 6.58 Å². The Kier molecular flexibility index (Phi) is 4.37. The van der Waals surface area contributed by atoms with Crippen LogP contribution >= 0.6 is 15.9 Å². The van der Waals surface area contributed by atoms with E-state index in [-0.39, 0.29) is 5.91 Å². The highest BCUT2D eigenvalue weighted by Crippen LogP contribution is 2.17. The molecule has 0 heterocycles. The van der Waals surface area contributed by atoms with Gasteiger partial charge in [0.2, 0.25) is 0 Å². The number of halogens is 1. The van der Waals surface area contributed by atoms with Gasteiger partial charge in [0.05, 0.1) is 0 Å². The Labute approximate surface area is 97.5 Å². The molecule has 0 atom stereocenters. The van der Waals surface area contributed by atoms with Crippen LogP contribution in [-0.4, -0.2) is 12.5 Å². The van der Waals surface area contributed by atoms with Crippen molar-refractivity contribution in [2.24, 2.45) is 0 Å². The van der Waals surface area contributed by atoms with Crippen molar-refractivity contribution in [1.82, 2.24) is 5.32 Å². The van der Waals surface area contributed by atoms with Crippen molar-refractivity contribution in [3.05, 3.63) is 40.9 Å². The van der Waals surface area contributed by atoms with Crippen molar-refractivity contribution in [3.8, 4) is 0 Å². The fourth-order valence-electron chi connectivity index (χ4n) is 1.13. The van der Waals surface area contributed by atoms with Gasteiger partial charge in [-0.2, -0.15) is 0 Å². The molecule has 0 aliphatic rings. The summed E-state index contributed by atoms with van der Waals surface area (Å²) in [5.41, 5.74) is 6.75. The summed E-state index contributed by atoms with van der Waals surface area (Å²) in [5, 5.41) is 2.77. The van der Waals surface area contributed by atoms with Crippen LogP contribution in [0.2, 0.25) is 0 Å². The van der Waals surface area contributed by atoms with E-state index < -0.39 is 0 Å². The molecule has 1 rings (SSSR count). The molecule has 4 heteroatoms. The topological polar surface area (TPSA) is 55.1 Å². The van der Waals surface area contributed by atoms with Crippen LogP contribution in [0.25, 0.3) is 0 Å². The number of anilines is 1. The lowest BCUT2D eigenvalue weighted by Crippen LogP contribution is -2.24. The summed E-state index contributed by atoms with van der Waals surface area (Å²) in [7, 11) is 0. The molecule has 3 N–H and O–H groups in total. The molecule has 0 unspecified atom stereocenters. The Morgan fingerprint density at radius 1 is 1.53 bits per heavy atom. The van der Waals surface area contributed by atoms with E-state index in [2.05, 4.69) is 27.8 Å². The van der Waals surface area contributed by atoms with Crippen molar-refractivity contribution >= 4 is 27.5 Å². The van der Waals surface area contributed by atoms with Crippen molar-refractivity contribution in [2.45, 2.75) is 6.42 Å². The van der Waals surface area contributed by atoms with E-state index in [1.54, 1.807) is 24.3 Å². The molecule has 80 valence electrons.